The molecule has 148 valence electrons. The Hall–Kier alpha value is -2.72. The number of halogens is 4. The molecular formula is C18H15F4N3O2S. The molecule has 0 spiro atoms. The average molecular weight is 413 g/mol. The number of benzene rings is 2. The molecule has 0 radical (unpaired) electrons. The predicted octanol–water partition coefficient (Wildman–Crippen LogP) is 3.87. The zero-order valence-corrected chi connectivity index (χ0v) is 15.6. The van der Waals surface area contributed by atoms with Crippen molar-refractivity contribution in [3.05, 3.63) is 59.5 Å². The van der Waals surface area contributed by atoms with Crippen molar-refractivity contribution in [2.24, 2.45) is 12.2 Å². The van der Waals surface area contributed by atoms with Gasteiger partial charge in [0.05, 0.1) is 4.90 Å². The van der Waals surface area contributed by atoms with E-state index in [9.17, 15) is 26.0 Å². The summed E-state index contributed by atoms with van der Waals surface area (Å²) in [5, 5.41) is 9.12. The Morgan fingerprint density at radius 2 is 1.75 bits per heavy atom. The fourth-order valence-corrected chi connectivity index (χ4v) is 3.71. The van der Waals surface area contributed by atoms with Gasteiger partial charge in [-0.2, -0.15) is 18.3 Å². The number of aryl methyl sites for hydroxylation is 2. The van der Waals surface area contributed by atoms with E-state index < -0.39 is 33.3 Å². The smallest absolute Gasteiger partial charge is 0.262 e. The van der Waals surface area contributed by atoms with Crippen molar-refractivity contribution in [3.63, 3.8) is 0 Å². The normalized spacial score (nSPS) is 12.4. The average Bonchev–Trinajstić information content (AvgIpc) is 2.94. The second kappa shape index (κ2) is 6.71. The van der Waals surface area contributed by atoms with Crippen LogP contribution in [0.15, 0.2) is 47.4 Å². The van der Waals surface area contributed by atoms with Gasteiger partial charge in [-0.25, -0.2) is 17.9 Å². The zero-order valence-electron chi connectivity index (χ0n) is 14.7. The molecule has 0 amide bonds. The maximum atomic E-state index is 14.1. The van der Waals surface area contributed by atoms with Gasteiger partial charge < -0.3 is 0 Å². The van der Waals surface area contributed by atoms with Gasteiger partial charge in [0.2, 0.25) is 10.0 Å². The molecule has 0 aliphatic rings. The van der Waals surface area contributed by atoms with E-state index in [4.69, 9.17) is 5.14 Å². The molecule has 10 heteroatoms. The van der Waals surface area contributed by atoms with E-state index in [1.165, 1.54) is 43.3 Å². The summed E-state index contributed by atoms with van der Waals surface area (Å²) in [4.78, 5) is -0.379. The molecule has 3 rings (SSSR count). The Labute approximate surface area is 158 Å². The summed E-state index contributed by atoms with van der Waals surface area (Å²) in [6, 6.07) is 8.95. The number of alkyl halides is 3. The van der Waals surface area contributed by atoms with E-state index in [1.54, 1.807) is 0 Å². The van der Waals surface area contributed by atoms with Crippen molar-refractivity contribution in [2.75, 3.05) is 0 Å². The van der Waals surface area contributed by atoms with E-state index in [0.29, 0.717) is 4.68 Å². The van der Waals surface area contributed by atoms with Crippen molar-refractivity contribution in [1.82, 2.24) is 9.78 Å². The molecule has 0 bridgehead atoms. The van der Waals surface area contributed by atoms with E-state index in [0.717, 1.165) is 13.1 Å². The molecule has 2 N–H and O–H groups in total. The van der Waals surface area contributed by atoms with Gasteiger partial charge in [-0.15, -0.1) is 0 Å². The van der Waals surface area contributed by atoms with Crippen molar-refractivity contribution in [3.8, 4) is 22.4 Å². The monoisotopic (exact) mass is 413 g/mol. The Morgan fingerprint density at radius 3 is 2.32 bits per heavy atom. The Kier molecular flexibility index (Phi) is 4.80. The maximum Gasteiger partial charge on any atom is 0.433 e. The second-order valence-electron chi connectivity index (χ2n) is 6.20. The summed E-state index contributed by atoms with van der Waals surface area (Å²) >= 11 is 0. The summed E-state index contributed by atoms with van der Waals surface area (Å²) in [6.45, 7) is 1.48. The summed E-state index contributed by atoms with van der Waals surface area (Å²) in [6.07, 6.45) is -4.81. The summed E-state index contributed by atoms with van der Waals surface area (Å²) in [7, 11) is -3.16. The minimum Gasteiger partial charge on any atom is -0.262 e. The van der Waals surface area contributed by atoms with Crippen LogP contribution >= 0.6 is 0 Å². The highest BCUT2D eigenvalue weighted by Gasteiger charge is 2.40. The molecular weight excluding hydrogens is 398 g/mol. The van der Waals surface area contributed by atoms with Crippen molar-refractivity contribution < 1.29 is 26.0 Å². The van der Waals surface area contributed by atoms with Gasteiger partial charge in [-0.3, -0.25) is 4.68 Å². The standard InChI is InChI=1S/C18H15F4N3O2S/c1-10-7-8-11(9-13(10)19)15-16(24-25(2)17(15)18(20,21)22)12-5-3-4-6-14(12)28(23,26)27/h3-9H,1-2H3,(H2,23,26,27). The Bertz CT molecular complexity index is 1170. The predicted molar refractivity (Wildman–Crippen MR) is 95.2 cm³/mol. The van der Waals surface area contributed by atoms with Gasteiger partial charge >= 0.3 is 6.18 Å². The Morgan fingerprint density at radius 1 is 1.11 bits per heavy atom. The lowest BCUT2D eigenvalue weighted by atomic mass is 9.97. The minimum atomic E-state index is -4.81. The summed E-state index contributed by atoms with van der Waals surface area (Å²) < 4.78 is 79.7. The largest absolute Gasteiger partial charge is 0.433 e. The number of sulfonamides is 1. The van der Waals surface area contributed by atoms with Crippen molar-refractivity contribution >= 4 is 10.0 Å². The molecule has 1 heterocycles. The molecule has 28 heavy (non-hydrogen) atoms. The molecule has 0 atom stereocenters. The lowest BCUT2D eigenvalue weighted by molar-refractivity contribution is -0.143. The minimum absolute atomic E-state index is 0.0808. The summed E-state index contributed by atoms with van der Waals surface area (Å²) in [5.41, 5.74) is -1.75. The molecule has 0 fully saturated rings. The quantitative estimate of drug-likeness (QED) is 0.662. The molecule has 0 aliphatic heterocycles. The zero-order chi connectivity index (χ0) is 20.9. The maximum absolute atomic E-state index is 14.1. The van der Waals surface area contributed by atoms with Gasteiger partial charge in [0, 0.05) is 18.2 Å². The highest BCUT2D eigenvalue weighted by atomic mass is 32.2. The van der Waals surface area contributed by atoms with E-state index in [1.807, 2.05) is 0 Å². The molecule has 0 saturated carbocycles. The number of aromatic nitrogens is 2. The third-order valence-electron chi connectivity index (χ3n) is 4.22. The highest BCUT2D eigenvalue weighted by Crippen LogP contribution is 2.43. The fraction of sp³-hybridized carbons (Fsp3) is 0.167. The van der Waals surface area contributed by atoms with Gasteiger partial charge in [-0.1, -0.05) is 30.3 Å². The highest BCUT2D eigenvalue weighted by molar-refractivity contribution is 7.89. The molecule has 0 unspecified atom stereocenters. The SMILES string of the molecule is Cc1ccc(-c2c(-c3ccccc3S(N)(=O)=O)nn(C)c2C(F)(F)F)cc1F. The summed E-state index contributed by atoms with van der Waals surface area (Å²) in [5.74, 6) is -0.694. The van der Waals surface area contributed by atoms with Crippen LogP contribution in [0.25, 0.3) is 22.4 Å². The number of hydrogen-bond donors (Lipinski definition) is 1. The topological polar surface area (TPSA) is 78.0 Å². The van der Waals surface area contributed by atoms with Crippen LogP contribution in [0, 0.1) is 12.7 Å². The number of nitrogens with two attached hydrogens (primary N) is 1. The third-order valence-corrected chi connectivity index (χ3v) is 5.19. The van der Waals surface area contributed by atoms with Crippen molar-refractivity contribution in [1.29, 1.82) is 0 Å². The van der Waals surface area contributed by atoms with Crippen LogP contribution in [0.4, 0.5) is 17.6 Å². The van der Waals surface area contributed by atoms with Gasteiger partial charge in [0.25, 0.3) is 0 Å². The van der Waals surface area contributed by atoms with Crippen LogP contribution < -0.4 is 5.14 Å². The number of hydrogen-bond acceptors (Lipinski definition) is 3. The van der Waals surface area contributed by atoms with E-state index in [-0.39, 0.29) is 27.3 Å². The Balaban J connectivity index is 2.44. The van der Waals surface area contributed by atoms with Crippen LogP contribution in [0.3, 0.4) is 0 Å². The lowest BCUT2D eigenvalue weighted by Gasteiger charge is -2.12. The van der Waals surface area contributed by atoms with Crippen LogP contribution in [-0.4, -0.2) is 18.2 Å². The molecule has 0 saturated heterocycles. The molecule has 0 aliphatic carbocycles. The molecule has 3 aromatic rings. The van der Waals surface area contributed by atoms with Crippen LogP contribution in [-0.2, 0) is 23.2 Å². The van der Waals surface area contributed by atoms with Gasteiger partial charge in [-0.05, 0) is 30.2 Å². The van der Waals surface area contributed by atoms with Gasteiger partial charge in [0.1, 0.15) is 11.5 Å². The number of rotatable bonds is 3. The van der Waals surface area contributed by atoms with E-state index in [2.05, 4.69) is 5.10 Å². The van der Waals surface area contributed by atoms with Crippen LogP contribution in [0.1, 0.15) is 11.3 Å². The second-order valence-corrected chi connectivity index (χ2v) is 7.73. The molecule has 2 aromatic carbocycles. The number of primary sulfonamides is 1. The van der Waals surface area contributed by atoms with Crippen molar-refractivity contribution in [2.45, 2.75) is 18.0 Å². The fourth-order valence-electron chi connectivity index (χ4n) is 2.97. The first-order valence-electron chi connectivity index (χ1n) is 7.94. The molecule has 1 aromatic heterocycles. The first-order chi connectivity index (χ1) is 12.9. The lowest BCUT2D eigenvalue weighted by Crippen LogP contribution is -2.13. The first kappa shape index (κ1) is 20.0. The molecule has 5 nitrogen and oxygen atoms in total. The van der Waals surface area contributed by atoms with Crippen LogP contribution in [0.2, 0.25) is 0 Å². The first-order valence-corrected chi connectivity index (χ1v) is 9.49. The third kappa shape index (κ3) is 3.52. The van der Waals surface area contributed by atoms with Gasteiger partial charge in [0.15, 0.2) is 5.69 Å². The van der Waals surface area contributed by atoms with Crippen LogP contribution in [0.5, 0.6) is 0 Å². The number of nitrogens with zero attached hydrogens (tertiary/aromatic N) is 2. The van der Waals surface area contributed by atoms with E-state index >= 15 is 0 Å².